The van der Waals surface area contributed by atoms with Crippen LogP contribution in [0.4, 0.5) is 0 Å². The fraction of sp³-hybridized carbons (Fsp3) is 0.533. The van der Waals surface area contributed by atoms with Crippen LogP contribution >= 0.6 is 15.9 Å². The smallest absolute Gasteiger partial charge is 0.191 e. The van der Waals surface area contributed by atoms with E-state index in [9.17, 15) is 0 Å². The Labute approximate surface area is 129 Å². The Bertz CT molecular complexity index is 482. The van der Waals surface area contributed by atoms with Gasteiger partial charge in [-0.25, -0.2) is 4.99 Å². The van der Waals surface area contributed by atoms with Gasteiger partial charge in [0.25, 0.3) is 0 Å². The minimum atomic E-state index is 0.598. The molecule has 1 aromatic rings. The molecule has 2 N–H and O–H groups in total. The predicted molar refractivity (Wildman–Crippen MR) is 86.0 cm³/mol. The number of hydrogen-bond acceptors (Lipinski definition) is 2. The highest BCUT2D eigenvalue weighted by Crippen LogP contribution is 2.25. The summed E-state index contributed by atoms with van der Waals surface area (Å²) in [5.41, 5.74) is 7.19. The van der Waals surface area contributed by atoms with Gasteiger partial charge < -0.3 is 15.4 Å². The number of aliphatic imine (C=N–C) groups is 1. The van der Waals surface area contributed by atoms with Gasteiger partial charge in [-0.15, -0.1) is 0 Å². The van der Waals surface area contributed by atoms with E-state index in [2.05, 4.69) is 32.7 Å². The normalized spacial score (nSPS) is 17.4. The second-order valence-electron chi connectivity index (χ2n) is 5.31. The number of nitrogens with two attached hydrogens (primary N) is 1. The summed E-state index contributed by atoms with van der Waals surface area (Å²) in [5, 5.41) is 0. The molecule has 1 heterocycles. The van der Waals surface area contributed by atoms with Crippen molar-refractivity contribution >= 4 is 21.9 Å². The van der Waals surface area contributed by atoms with Gasteiger partial charge in [-0.2, -0.15) is 0 Å². The molecule has 0 amide bonds. The second kappa shape index (κ2) is 6.97. The van der Waals surface area contributed by atoms with Crippen molar-refractivity contribution in [3.63, 3.8) is 0 Å². The van der Waals surface area contributed by atoms with Crippen molar-refractivity contribution in [2.45, 2.75) is 26.3 Å². The first-order valence-electron chi connectivity index (χ1n) is 6.97. The molecule has 0 atom stereocenters. The largest absolute Gasteiger partial charge is 0.496 e. The van der Waals surface area contributed by atoms with Crippen LogP contribution in [0.15, 0.2) is 27.7 Å². The Morgan fingerprint density at radius 3 is 2.75 bits per heavy atom. The van der Waals surface area contributed by atoms with E-state index < -0.39 is 0 Å². The van der Waals surface area contributed by atoms with Crippen LogP contribution in [0.2, 0.25) is 0 Å². The predicted octanol–water partition coefficient (Wildman–Crippen LogP) is 3.00. The third kappa shape index (κ3) is 3.88. The summed E-state index contributed by atoms with van der Waals surface area (Å²) in [6.45, 7) is 4.92. The lowest BCUT2D eigenvalue weighted by atomic mass is 10.00. The molecule has 4 nitrogen and oxygen atoms in total. The van der Waals surface area contributed by atoms with E-state index in [4.69, 9.17) is 10.5 Å². The van der Waals surface area contributed by atoms with Crippen molar-refractivity contribution in [2.75, 3.05) is 20.2 Å². The molecule has 0 aliphatic carbocycles. The number of nitrogens with zero attached hydrogens (tertiary/aromatic N) is 2. The van der Waals surface area contributed by atoms with Gasteiger partial charge in [0.05, 0.1) is 18.1 Å². The summed E-state index contributed by atoms with van der Waals surface area (Å²) < 4.78 is 6.16. The Hall–Kier alpha value is -1.23. The van der Waals surface area contributed by atoms with Crippen LogP contribution < -0.4 is 10.5 Å². The molecule has 1 saturated heterocycles. The number of piperidine rings is 1. The summed E-state index contributed by atoms with van der Waals surface area (Å²) >= 11 is 3.48. The molecule has 0 aromatic heterocycles. The van der Waals surface area contributed by atoms with E-state index in [1.165, 1.54) is 12.8 Å². The molecule has 0 saturated carbocycles. The summed E-state index contributed by atoms with van der Waals surface area (Å²) in [5.74, 6) is 2.29. The molecule has 0 unspecified atom stereocenters. The van der Waals surface area contributed by atoms with Crippen molar-refractivity contribution in [1.29, 1.82) is 0 Å². The lowest BCUT2D eigenvalue weighted by Crippen LogP contribution is -2.42. The summed E-state index contributed by atoms with van der Waals surface area (Å²) in [6, 6.07) is 5.97. The lowest BCUT2D eigenvalue weighted by molar-refractivity contribution is 0.277. The van der Waals surface area contributed by atoms with Gasteiger partial charge in [0.15, 0.2) is 5.96 Å². The Kier molecular flexibility index (Phi) is 5.29. The zero-order valence-electron chi connectivity index (χ0n) is 12.1. The van der Waals surface area contributed by atoms with Crippen molar-refractivity contribution in [2.24, 2.45) is 16.6 Å². The molecule has 110 valence electrons. The van der Waals surface area contributed by atoms with E-state index in [1.54, 1.807) is 7.11 Å². The molecular weight excluding hydrogens is 318 g/mol. The van der Waals surface area contributed by atoms with E-state index in [0.29, 0.717) is 12.5 Å². The molecule has 20 heavy (non-hydrogen) atoms. The van der Waals surface area contributed by atoms with Crippen LogP contribution in [0.25, 0.3) is 0 Å². The molecular formula is C15H22BrN3O. The Balaban J connectivity index is 1.96. The summed E-state index contributed by atoms with van der Waals surface area (Å²) in [6.07, 6.45) is 2.40. The highest BCUT2D eigenvalue weighted by atomic mass is 79.9. The molecule has 2 rings (SSSR count). The number of likely N-dealkylation sites (tertiary alicyclic amines) is 1. The fourth-order valence-corrected chi connectivity index (χ4v) is 2.91. The number of rotatable bonds is 3. The highest BCUT2D eigenvalue weighted by molar-refractivity contribution is 9.10. The quantitative estimate of drug-likeness (QED) is 0.680. The topological polar surface area (TPSA) is 50.9 Å². The molecule has 0 spiro atoms. The van der Waals surface area contributed by atoms with Crippen LogP contribution in [0.5, 0.6) is 5.75 Å². The number of methoxy groups -OCH3 is 1. The van der Waals surface area contributed by atoms with Gasteiger partial charge in [-0.3, -0.25) is 0 Å². The van der Waals surface area contributed by atoms with Crippen molar-refractivity contribution < 1.29 is 4.74 Å². The lowest BCUT2D eigenvalue weighted by Gasteiger charge is -2.31. The first-order chi connectivity index (χ1) is 9.60. The minimum absolute atomic E-state index is 0.598. The number of ether oxygens (including phenoxy) is 1. The molecule has 0 radical (unpaired) electrons. The standard InChI is InChI=1S/C15H22BrN3O/c1-11-5-7-19(8-6-11)15(17)18-10-12-3-4-14(20-2)13(16)9-12/h3-4,9,11H,5-8,10H2,1-2H3,(H2,17,18). The van der Waals surface area contributed by atoms with Crippen molar-refractivity contribution in [3.8, 4) is 5.75 Å². The van der Waals surface area contributed by atoms with Crippen LogP contribution in [0.1, 0.15) is 25.3 Å². The molecule has 1 aliphatic heterocycles. The maximum absolute atomic E-state index is 6.08. The van der Waals surface area contributed by atoms with Gasteiger partial charge in [0, 0.05) is 13.1 Å². The van der Waals surface area contributed by atoms with Gasteiger partial charge in [-0.1, -0.05) is 13.0 Å². The number of guanidine groups is 1. The minimum Gasteiger partial charge on any atom is -0.496 e. The van der Waals surface area contributed by atoms with Gasteiger partial charge >= 0.3 is 0 Å². The highest BCUT2D eigenvalue weighted by Gasteiger charge is 2.16. The summed E-state index contributed by atoms with van der Waals surface area (Å²) in [4.78, 5) is 6.68. The number of benzene rings is 1. The fourth-order valence-electron chi connectivity index (χ4n) is 2.32. The Morgan fingerprint density at radius 2 is 2.15 bits per heavy atom. The van der Waals surface area contributed by atoms with Crippen molar-refractivity contribution in [3.05, 3.63) is 28.2 Å². The van der Waals surface area contributed by atoms with E-state index in [-0.39, 0.29) is 0 Å². The van der Waals surface area contributed by atoms with E-state index in [0.717, 1.165) is 34.8 Å². The van der Waals surface area contributed by atoms with E-state index in [1.807, 2.05) is 18.2 Å². The monoisotopic (exact) mass is 339 g/mol. The molecule has 1 fully saturated rings. The van der Waals surface area contributed by atoms with Crippen LogP contribution in [0, 0.1) is 5.92 Å². The van der Waals surface area contributed by atoms with Crippen LogP contribution in [0.3, 0.4) is 0 Å². The van der Waals surface area contributed by atoms with Crippen LogP contribution in [-0.2, 0) is 6.54 Å². The zero-order chi connectivity index (χ0) is 14.5. The molecule has 1 aliphatic rings. The first-order valence-corrected chi connectivity index (χ1v) is 7.76. The van der Waals surface area contributed by atoms with E-state index >= 15 is 0 Å². The third-order valence-corrected chi connectivity index (χ3v) is 4.37. The zero-order valence-corrected chi connectivity index (χ0v) is 13.7. The van der Waals surface area contributed by atoms with Crippen molar-refractivity contribution in [1.82, 2.24) is 4.90 Å². The van der Waals surface area contributed by atoms with Gasteiger partial charge in [-0.05, 0) is 52.4 Å². The first kappa shape index (κ1) is 15.2. The molecule has 1 aromatic carbocycles. The average molecular weight is 340 g/mol. The third-order valence-electron chi connectivity index (χ3n) is 3.75. The van der Waals surface area contributed by atoms with Gasteiger partial charge in [0.2, 0.25) is 0 Å². The molecule has 0 bridgehead atoms. The molecule has 5 heteroatoms. The second-order valence-corrected chi connectivity index (χ2v) is 6.17. The SMILES string of the molecule is COc1ccc(CN=C(N)N2CCC(C)CC2)cc1Br. The summed E-state index contributed by atoms with van der Waals surface area (Å²) in [7, 11) is 1.66. The maximum atomic E-state index is 6.08. The average Bonchev–Trinajstić information content (AvgIpc) is 2.45. The number of halogens is 1. The Morgan fingerprint density at radius 1 is 1.45 bits per heavy atom. The van der Waals surface area contributed by atoms with Gasteiger partial charge in [0.1, 0.15) is 5.75 Å². The maximum Gasteiger partial charge on any atom is 0.191 e. The van der Waals surface area contributed by atoms with Crippen LogP contribution in [-0.4, -0.2) is 31.1 Å². The number of hydrogen-bond donors (Lipinski definition) is 1.